The number of nitroso groups, excluding NO2 is 1. The average Bonchev–Trinajstić information content (AvgIpc) is 1.35. The van der Waals surface area contributed by atoms with Crippen LogP contribution in [0.25, 0.3) is 0 Å². The van der Waals surface area contributed by atoms with Gasteiger partial charge in [0, 0.05) is 4.95 Å². The Morgan fingerprint density at radius 2 is 1.83 bits per heavy atom. The Balaban J connectivity index is 3.81. The van der Waals surface area contributed by atoms with Crippen molar-refractivity contribution in [2.75, 3.05) is 0 Å². The highest BCUT2D eigenvalue weighted by atomic mass is 31.2. The van der Waals surface area contributed by atoms with Crippen LogP contribution in [0.1, 0.15) is 0 Å². The summed E-state index contributed by atoms with van der Waals surface area (Å²) in [5.74, 6) is 0. The van der Waals surface area contributed by atoms with Crippen molar-refractivity contribution in [1.82, 2.24) is 0 Å². The lowest BCUT2D eigenvalue weighted by Gasteiger charge is -1.89. The highest BCUT2D eigenvalue weighted by Crippen LogP contribution is 2.33. The Morgan fingerprint density at radius 3 is 1.83 bits per heavy atom. The highest BCUT2D eigenvalue weighted by Gasteiger charge is 1.97. The molecule has 0 aromatic heterocycles. The second-order valence-electron chi connectivity index (χ2n) is 0.774. The van der Waals surface area contributed by atoms with E-state index in [1.165, 1.54) is 0 Å². The summed E-state index contributed by atoms with van der Waals surface area (Å²) in [6, 6.07) is 0. The fraction of sp³-hybridized carbons (Fsp3) is 0. The molecular formula is CH4NO3P. The zero-order chi connectivity index (χ0) is 5.21. The van der Waals surface area contributed by atoms with Crippen molar-refractivity contribution in [2.45, 2.75) is 0 Å². The van der Waals surface area contributed by atoms with E-state index in [4.69, 9.17) is 14.7 Å². The van der Waals surface area contributed by atoms with E-state index < -0.39 is 7.49 Å². The molecule has 0 amide bonds. The first kappa shape index (κ1) is 5.82. The predicted octanol–water partition coefficient (Wildman–Crippen LogP) is -0.0680. The number of nitrogens with zero attached hydrogens (tertiary/aromatic N) is 1. The van der Waals surface area contributed by atoms with Crippen LogP contribution in [0, 0.1) is 4.91 Å². The number of hydrogen-bond donors (Lipinski definition) is 2. The number of hydrogen-bond acceptors (Lipinski definition) is 4. The van der Waals surface area contributed by atoms with Gasteiger partial charge in [-0.2, -0.15) is 0 Å². The second kappa shape index (κ2) is 1.51. The molecule has 2 N–H and O–H groups in total. The van der Waals surface area contributed by atoms with E-state index in [1.54, 1.807) is 0 Å². The average molecular weight is 109 g/mol. The molecule has 0 aliphatic heterocycles. The smallest absolute Gasteiger partial charge is 0.270 e. The first-order valence-electron chi connectivity index (χ1n) is 1.10. The molecule has 0 bridgehead atoms. The van der Waals surface area contributed by atoms with Crippen LogP contribution < -0.4 is 0 Å². The van der Waals surface area contributed by atoms with E-state index in [1.807, 2.05) is 4.95 Å². The Kier molecular flexibility index (Phi) is 1.47. The quantitative estimate of drug-likeness (QED) is 0.365. The van der Waals surface area contributed by atoms with Crippen LogP contribution in [-0.4, -0.2) is 16.1 Å². The molecule has 0 rings (SSSR count). The van der Waals surface area contributed by atoms with Crippen LogP contribution in [0.4, 0.5) is 0 Å². The fourth-order valence-corrected chi connectivity index (χ4v) is 0. The molecule has 0 saturated carbocycles. The van der Waals surface area contributed by atoms with Crippen LogP contribution in [-0.2, 0) is 0 Å². The van der Waals surface area contributed by atoms with E-state index in [-0.39, 0.29) is 0 Å². The van der Waals surface area contributed by atoms with Gasteiger partial charge >= 0.3 is 0 Å². The summed E-state index contributed by atoms with van der Waals surface area (Å²) in [6.07, 6.45) is 2.63. The van der Waals surface area contributed by atoms with Crippen molar-refractivity contribution in [3.63, 3.8) is 0 Å². The van der Waals surface area contributed by atoms with Crippen molar-refractivity contribution in [3.8, 4) is 0 Å². The zero-order valence-electron chi connectivity index (χ0n) is 2.90. The molecule has 0 aliphatic rings. The minimum Gasteiger partial charge on any atom is -0.335 e. The van der Waals surface area contributed by atoms with Gasteiger partial charge in [0.1, 0.15) is 0 Å². The summed E-state index contributed by atoms with van der Waals surface area (Å²) >= 11 is 0. The SMILES string of the molecule is C=P(O)(O)N=O. The van der Waals surface area contributed by atoms with Crippen molar-refractivity contribution in [3.05, 3.63) is 4.91 Å². The van der Waals surface area contributed by atoms with Gasteiger partial charge in [-0.1, -0.05) is 0 Å². The molecule has 0 heterocycles. The van der Waals surface area contributed by atoms with E-state index in [9.17, 15) is 0 Å². The van der Waals surface area contributed by atoms with Crippen LogP contribution in [0.2, 0.25) is 0 Å². The number of rotatable bonds is 1. The lowest BCUT2D eigenvalue weighted by Crippen LogP contribution is -1.64. The third-order valence-corrected chi connectivity index (χ3v) is 0.392. The maximum absolute atomic E-state index is 9.06. The molecule has 0 unspecified atom stereocenters. The van der Waals surface area contributed by atoms with Crippen molar-refractivity contribution in [1.29, 1.82) is 0 Å². The van der Waals surface area contributed by atoms with E-state index >= 15 is 0 Å². The van der Waals surface area contributed by atoms with Crippen LogP contribution in [0.5, 0.6) is 0 Å². The van der Waals surface area contributed by atoms with Gasteiger partial charge in [-0.25, -0.2) is 0 Å². The molecule has 0 spiro atoms. The summed E-state index contributed by atoms with van der Waals surface area (Å²) in [6.45, 7) is 0. The maximum Gasteiger partial charge on any atom is 0.270 e. The van der Waals surface area contributed by atoms with Crippen molar-refractivity contribution in [2.24, 2.45) is 4.95 Å². The Labute approximate surface area is 34.6 Å². The summed E-state index contributed by atoms with van der Waals surface area (Å²) in [5, 5.41) is 0. The Hall–Kier alpha value is -0.180. The fourth-order valence-electron chi connectivity index (χ4n) is 0. The van der Waals surface area contributed by atoms with Crippen LogP contribution in [0.15, 0.2) is 4.95 Å². The summed E-state index contributed by atoms with van der Waals surface area (Å²) in [5.41, 5.74) is 0. The lowest BCUT2D eigenvalue weighted by molar-refractivity contribution is 0.478. The van der Waals surface area contributed by atoms with Crippen LogP contribution in [0.3, 0.4) is 0 Å². The third-order valence-electron chi connectivity index (χ3n) is 0.131. The zero-order valence-corrected chi connectivity index (χ0v) is 3.80. The highest BCUT2D eigenvalue weighted by molar-refractivity contribution is 7.61. The summed E-state index contributed by atoms with van der Waals surface area (Å²) < 4.78 is 0. The van der Waals surface area contributed by atoms with Crippen LogP contribution >= 0.6 is 7.49 Å². The van der Waals surface area contributed by atoms with Gasteiger partial charge in [0.25, 0.3) is 7.49 Å². The first-order chi connectivity index (χ1) is 2.56. The van der Waals surface area contributed by atoms with Gasteiger partial charge in [0.2, 0.25) is 0 Å². The molecule has 4 nitrogen and oxygen atoms in total. The van der Waals surface area contributed by atoms with Crippen molar-refractivity contribution >= 4 is 13.8 Å². The topological polar surface area (TPSA) is 69.9 Å². The molecule has 36 valence electrons. The third kappa shape index (κ3) is 3.82. The predicted molar refractivity (Wildman–Crippen MR) is 24.3 cm³/mol. The minimum absolute atomic E-state index is 1.88. The maximum atomic E-state index is 9.06. The molecule has 0 aromatic carbocycles. The molecular weight excluding hydrogens is 105 g/mol. The minimum atomic E-state index is -3.58. The first-order valence-corrected chi connectivity index (χ1v) is 2.93. The van der Waals surface area contributed by atoms with E-state index in [0.29, 0.717) is 0 Å². The van der Waals surface area contributed by atoms with Crippen molar-refractivity contribution < 1.29 is 9.79 Å². The molecule has 0 fully saturated rings. The molecule has 0 aromatic rings. The largest absolute Gasteiger partial charge is 0.335 e. The van der Waals surface area contributed by atoms with Gasteiger partial charge in [-0.15, -0.1) is 4.91 Å². The molecule has 0 aliphatic carbocycles. The molecule has 0 radical (unpaired) electrons. The molecule has 0 saturated heterocycles. The van der Waals surface area contributed by atoms with E-state index in [0.717, 1.165) is 0 Å². The van der Waals surface area contributed by atoms with Gasteiger partial charge in [-0.05, 0) is 6.30 Å². The second-order valence-corrected chi connectivity index (χ2v) is 2.32. The molecule has 5 heteroatoms. The van der Waals surface area contributed by atoms with Gasteiger partial charge < -0.3 is 9.79 Å². The lowest BCUT2D eigenvalue weighted by atomic mass is 12.0. The Morgan fingerprint density at radius 1 is 1.67 bits per heavy atom. The molecule has 0 atom stereocenters. The summed E-state index contributed by atoms with van der Waals surface area (Å²) in [4.78, 5) is 26.8. The van der Waals surface area contributed by atoms with E-state index in [2.05, 4.69) is 6.30 Å². The summed E-state index contributed by atoms with van der Waals surface area (Å²) in [7, 11) is -3.58. The van der Waals surface area contributed by atoms with Gasteiger partial charge in [0.15, 0.2) is 0 Å². The normalized spacial score (nSPS) is 11.0. The monoisotopic (exact) mass is 109 g/mol. The Bertz CT molecular complexity index is 93.0. The van der Waals surface area contributed by atoms with Gasteiger partial charge in [0.05, 0.1) is 0 Å². The molecule has 6 heavy (non-hydrogen) atoms. The van der Waals surface area contributed by atoms with Gasteiger partial charge in [-0.3, -0.25) is 0 Å². The standard InChI is InChI=1S/CH4NO3P/c1-6(4,5)2-3/h4-5H,1H2.